The SMILES string of the molecule is CCOc1ccc(-c2nnc(C3CC(NC(=O)c4ccccn4)C3)n2-c2ccc(Cl)s2)nc1. The summed E-state index contributed by atoms with van der Waals surface area (Å²) >= 11 is 7.69. The number of aromatic nitrogens is 5. The summed E-state index contributed by atoms with van der Waals surface area (Å²) in [5.41, 5.74) is 1.11. The fraction of sp³-hybridized carbons (Fsp3) is 0.261. The van der Waals surface area contributed by atoms with Gasteiger partial charge in [0.2, 0.25) is 0 Å². The molecule has 1 fully saturated rings. The fourth-order valence-corrected chi connectivity index (χ4v) is 4.88. The molecular weight excluding hydrogens is 460 g/mol. The van der Waals surface area contributed by atoms with Crippen molar-refractivity contribution in [3.05, 3.63) is 70.7 Å². The van der Waals surface area contributed by atoms with Gasteiger partial charge >= 0.3 is 0 Å². The number of halogens is 1. The van der Waals surface area contributed by atoms with E-state index in [1.54, 1.807) is 30.6 Å². The van der Waals surface area contributed by atoms with Gasteiger partial charge < -0.3 is 10.1 Å². The quantitative estimate of drug-likeness (QED) is 0.418. The maximum atomic E-state index is 12.4. The normalized spacial score (nSPS) is 17.4. The predicted octanol–water partition coefficient (Wildman–Crippen LogP) is 4.51. The summed E-state index contributed by atoms with van der Waals surface area (Å²) in [6.45, 7) is 2.51. The minimum atomic E-state index is -0.162. The van der Waals surface area contributed by atoms with Crippen LogP contribution in [0.25, 0.3) is 16.5 Å². The first-order valence-corrected chi connectivity index (χ1v) is 11.8. The Hall–Kier alpha value is -3.30. The topological polar surface area (TPSA) is 94.8 Å². The highest BCUT2D eigenvalue weighted by Crippen LogP contribution is 2.40. The van der Waals surface area contributed by atoms with Crippen LogP contribution in [-0.2, 0) is 0 Å². The van der Waals surface area contributed by atoms with E-state index in [0.29, 0.717) is 33.9 Å². The minimum Gasteiger partial charge on any atom is -0.492 e. The third-order valence-corrected chi connectivity index (χ3v) is 6.70. The van der Waals surface area contributed by atoms with Crippen molar-refractivity contribution in [1.29, 1.82) is 0 Å². The number of nitrogens with one attached hydrogen (secondary N) is 1. The highest BCUT2D eigenvalue weighted by Gasteiger charge is 2.36. The van der Waals surface area contributed by atoms with E-state index in [-0.39, 0.29) is 17.9 Å². The summed E-state index contributed by atoms with van der Waals surface area (Å²) in [7, 11) is 0. The fourth-order valence-electron chi connectivity index (χ4n) is 3.84. The van der Waals surface area contributed by atoms with E-state index in [0.717, 1.165) is 23.7 Å². The van der Waals surface area contributed by atoms with Crippen LogP contribution in [0.2, 0.25) is 4.34 Å². The molecule has 4 heterocycles. The van der Waals surface area contributed by atoms with Gasteiger partial charge in [-0.05, 0) is 56.2 Å². The van der Waals surface area contributed by atoms with Crippen LogP contribution in [0.15, 0.2) is 54.9 Å². The Kier molecular flexibility index (Phi) is 6.06. The molecule has 0 aromatic carbocycles. The second-order valence-corrected chi connectivity index (χ2v) is 9.35. The third kappa shape index (κ3) is 4.46. The maximum Gasteiger partial charge on any atom is 0.270 e. The Morgan fingerprint density at radius 1 is 1.18 bits per heavy atom. The van der Waals surface area contributed by atoms with Crippen LogP contribution in [0, 0.1) is 0 Å². The highest BCUT2D eigenvalue weighted by molar-refractivity contribution is 7.18. The number of thiophene rings is 1. The zero-order valence-electron chi connectivity index (χ0n) is 17.8. The van der Waals surface area contributed by atoms with Gasteiger partial charge in [0.15, 0.2) is 5.82 Å². The van der Waals surface area contributed by atoms with Gasteiger partial charge in [0, 0.05) is 18.2 Å². The lowest BCUT2D eigenvalue weighted by Crippen LogP contribution is -2.44. The predicted molar refractivity (Wildman–Crippen MR) is 126 cm³/mol. The van der Waals surface area contributed by atoms with Crippen LogP contribution >= 0.6 is 22.9 Å². The first-order valence-electron chi connectivity index (χ1n) is 10.6. The van der Waals surface area contributed by atoms with E-state index in [4.69, 9.17) is 16.3 Å². The van der Waals surface area contributed by atoms with Crippen LogP contribution < -0.4 is 10.1 Å². The van der Waals surface area contributed by atoms with Gasteiger partial charge in [-0.2, -0.15) is 0 Å². The van der Waals surface area contributed by atoms with Crippen molar-refractivity contribution >= 4 is 28.8 Å². The van der Waals surface area contributed by atoms with Crippen molar-refractivity contribution in [1.82, 2.24) is 30.0 Å². The zero-order chi connectivity index (χ0) is 22.8. The Balaban J connectivity index is 1.38. The number of carbonyl (C=O) groups is 1. The molecule has 168 valence electrons. The average Bonchev–Trinajstić information content (AvgIpc) is 3.43. The first kappa shape index (κ1) is 21.5. The smallest absolute Gasteiger partial charge is 0.270 e. The minimum absolute atomic E-state index is 0.0635. The molecule has 1 aliphatic carbocycles. The second-order valence-electron chi connectivity index (χ2n) is 7.66. The van der Waals surface area contributed by atoms with Crippen LogP contribution in [0.5, 0.6) is 5.75 Å². The first-order chi connectivity index (χ1) is 16.1. The zero-order valence-corrected chi connectivity index (χ0v) is 19.4. The summed E-state index contributed by atoms with van der Waals surface area (Å²) in [5, 5.41) is 12.9. The van der Waals surface area contributed by atoms with Crippen LogP contribution in [-0.4, -0.2) is 43.3 Å². The molecule has 0 radical (unpaired) electrons. The lowest BCUT2D eigenvalue weighted by atomic mass is 9.79. The Labute approximate surface area is 199 Å². The van der Waals surface area contributed by atoms with E-state index in [1.807, 2.05) is 35.8 Å². The molecule has 0 bridgehead atoms. The molecule has 0 saturated heterocycles. The van der Waals surface area contributed by atoms with Gasteiger partial charge in [0.1, 0.15) is 28.0 Å². The molecule has 5 rings (SSSR count). The second kappa shape index (κ2) is 9.29. The van der Waals surface area contributed by atoms with Crippen molar-refractivity contribution in [2.75, 3.05) is 6.61 Å². The van der Waals surface area contributed by atoms with Crippen LogP contribution in [0.4, 0.5) is 0 Å². The molecule has 0 atom stereocenters. The number of nitrogens with zero attached hydrogens (tertiary/aromatic N) is 5. The number of rotatable bonds is 7. The van der Waals surface area contributed by atoms with E-state index < -0.39 is 0 Å². The summed E-state index contributed by atoms with van der Waals surface area (Å²) in [6, 6.07) is 12.9. The van der Waals surface area contributed by atoms with E-state index in [2.05, 4.69) is 25.5 Å². The Bertz CT molecular complexity index is 1250. The standard InChI is InChI=1S/C23H21ClN6O2S/c1-2-32-16-6-7-17(26-13-16)22-29-28-21(30(22)20-9-8-19(24)33-20)14-11-15(12-14)27-23(31)18-5-3-4-10-25-18/h3-10,13-15H,2,11-12H2,1H3,(H,27,31). The van der Waals surface area contributed by atoms with Crippen molar-refractivity contribution in [3.63, 3.8) is 0 Å². The summed E-state index contributed by atoms with van der Waals surface area (Å²) in [6.07, 6.45) is 4.84. The molecule has 4 aromatic heterocycles. The lowest BCUT2D eigenvalue weighted by Gasteiger charge is -2.35. The van der Waals surface area contributed by atoms with Crippen LogP contribution in [0.3, 0.4) is 0 Å². The van der Waals surface area contributed by atoms with Gasteiger partial charge in [0.25, 0.3) is 5.91 Å². The molecule has 0 aliphatic heterocycles. The number of hydrogen-bond donors (Lipinski definition) is 1. The van der Waals surface area contributed by atoms with Crippen molar-refractivity contribution in [3.8, 4) is 22.3 Å². The van der Waals surface area contributed by atoms with E-state index in [9.17, 15) is 4.79 Å². The lowest BCUT2D eigenvalue weighted by molar-refractivity contribution is 0.0902. The van der Waals surface area contributed by atoms with E-state index in [1.165, 1.54) is 11.3 Å². The van der Waals surface area contributed by atoms with Crippen molar-refractivity contribution in [2.24, 2.45) is 0 Å². The number of amides is 1. The largest absolute Gasteiger partial charge is 0.492 e. The molecular formula is C23H21ClN6O2S. The van der Waals surface area contributed by atoms with Crippen LogP contribution in [0.1, 0.15) is 42.0 Å². The Morgan fingerprint density at radius 3 is 2.73 bits per heavy atom. The highest BCUT2D eigenvalue weighted by atomic mass is 35.5. The average molecular weight is 481 g/mol. The Morgan fingerprint density at radius 2 is 2.06 bits per heavy atom. The molecule has 1 saturated carbocycles. The van der Waals surface area contributed by atoms with Gasteiger partial charge in [-0.15, -0.1) is 21.5 Å². The number of carbonyl (C=O) groups excluding carboxylic acids is 1. The molecule has 0 spiro atoms. The molecule has 1 N–H and O–H groups in total. The molecule has 8 nitrogen and oxygen atoms in total. The maximum absolute atomic E-state index is 12.4. The molecule has 33 heavy (non-hydrogen) atoms. The van der Waals surface area contributed by atoms with Gasteiger partial charge in [-0.3, -0.25) is 14.3 Å². The molecule has 4 aromatic rings. The molecule has 1 aliphatic rings. The van der Waals surface area contributed by atoms with Crippen molar-refractivity contribution < 1.29 is 9.53 Å². The third-order valence-electron chi connectivity index (χ3n) is 5.48. The molecule has 1 amide bonds. The molecule has 10 heteroatoms. The molecule has 0 unspecified atom stereocenters. The number of hydrogen-bond acceptors (Lipinski definition) is 7. The van der Waals surface area contributed by atoms with Crippen molar-refractivity contribution in [2.45, 2.75) is 31.7 Å². The van der Waals surface area contributed by atoms with E-state index >= 15 is 0 Å². The number of pyridine rings is 2. The number of ether oxygens (including phenoxy) is 1. The van der Waals surface area contributed by atoms with Gasteiger partial charge in [-0.25, -0.2) is 4.98 Å². The van der Waals surface area contributed by atoms with Gasteiger partial charge in [-0.1, -0.05) is 17.7 Å². The van der Waals surface area contributed by atoms with Gasteiger partial charge in [0.05, 0.1) is 17.1 Å². The monoisotopic (exact) mass is 480 g/mol. The summed E-state index contributed by atoms with van der Waals surface area (Å²) in [4.78, 5) is 21.0. The summed E-state index contributed by atoms with van der Waals surface area (Å²) < 4.78 is 8.20. The summed E-state index contributed by atoms with van der Waals surface area (Å²) in [5.74, 6) is 2.18.